The maximum absolute atomic E-state index is 13.2. The van der Waals surface area contributed by atoms with Gasteiger partial charge in [-0.05, 0) is 68.1 Å². The van der Waals surface area contributed by atoms with E-state index < -0.39 is 15.7 Å². The van der Waals surface area contributed by atoms with Crippen molar-refractivity contribution < 1.29 is 27.4 Å². The summed E-state index contributed by atoms with van der Waals surface area (Å²) in [6, 6.07) is 11.9. The molecule has 0 bridgehead atoms. The molecule has 9 nitrogen and oxygen atoms in total. The third kappa shape index (κ3) is 4.82. The molecule has 0 radical (unpaired) electrons. The van der Waals surface area contributed by atoms with Gasteiger partial charge in [-0.1, -0.05) is 6.07 Å². The largest absolute Gasteiger partial charge is 0.497 e. The fourth-order valence-corrected chi connectivity index (χ4v) is 6.44. The van der Waals surface area contributed by atoms with Crippen LogP contribution in [0.4, 0.5) is 0 Å². The summed E-state index contributed by atoms with van der Waals surface area (Å²) in [7, 11) is 1.11. The minimum absolute atomic E-state index is 0.0388. The molecular weight excluding hydrogens is 470 g/mol. The van der Waals surface area contributed by atoms with Crippen LogP contribution in [-0.2, 0) is 21.2 Å². The van der Waals surface area contributed by atoms with Gasteiger partial charge >= 0.3 is 0 Å². The van der Waals surface area contributed by atoms with E-state index >= 15 is 0 Å². The third-order valence-corrected chi connectivity index (χ3v) is 8.87. The highest BCUT2D eigenvalue weighted by Gasteiger charge is 2.50. The maximum atomic E-state index is 13.2. The lowest BCUT2D eigenvalue weighted by Crippen LogP contribution is -2.59. The van der Waals surface area contributed by atoms with Crippen molar-refractivity contribution >= 4 is 15.9 Å². The first kappa shape index (κ1) is 25.3. The molecular formula is C25H33N3O6S. The van der Waals surface area contributed by atoms with Gasteiger partial charge < -0.3 is 19.1 Å². The highest BCUT2D eigenvalue weighted by molar-refractivity contribution is 7.89. The molecule has 2 aromatic carbocycles. The summed E-state index contributed by atoms with van der Waals surface area (Å²) in [6.45, 7) is 3.04. The molecule has 2 saturated heterocycles. The van der Waals surface area contributed by atoms with Gasteiger partial charge in [0.1, 0.15) is 5.75 Å². The van der Waals surface area contributed by atoms with Crippen molar-refractivity contribution in [2.75, 3.05) is 41.0 Å². The number of piperidine rings is 1. The average molecular weight is 504 g/mol. The van der Waals surface area contributed by atoms with Crippen molar-refractivity contribution in [2.45, 2.75) is 42.8 Å². The number of methoxy groups -OCH3 is 3. The first-order chi connectivity index (χ1) is 16.7. The minimum atomic E-state index is -3.63. The number of carbonyl (C=O) groups is 1. The van der Waals surface area contributed by atoms with Crippen LogP contribution in [0.1, 0.15) is 25.3 Å². The van der Waals surface area contributed by atoms with Crippen molar-refractivity contribution in [1.29, 1.82) is 0 Å². The zero-order valence-electron chi connectivity index (χ0n) is 20.6. The van der Waals surface area contributed by atoms with Gasteiger partial charge in [0.05, 0.1) is 37.9 Å². The van der Waals surface area contributed by atoms with E-state index in [-0.39, 0.29) is 16.8 Å². The summed E-state index contributed by atoms with van der Waals surface area (Å²) >= 11 is 0. The van der Waals surface area contributed by atoms with Gasteiger partial charge in [0.15, 0.2) is 11.5 Å². The first-order valence-corrected chi connectivity index (χ1v) is 13.1. The fourth-order valence-electron chi connectivity index (χ4n) is 5.00. The van der Waals surface area contributed by atoms with Gasteiger partial charge in [0.2, 0.25) is 15.9 Å². The molecule has 190 valence electrons. The monoisotopic (exact) mass is 503 g/mol. The van der Waals surface area contributed by atoms with Crippen LogP contribution in [0.25, 0.3) is 0 Å². The van der Waals surface area contributed by atoms with Gasteiger partial charge in [-0.15, -0.1) is 0 Å². The molecule has 1 atom stereocenters. The highest BCUT2D eigenvalue weighted by Crippen LogP contribution is 2.35. The molecule has 35 heavy (non-hydrogen) atoms. The molecule has 1 amide bonds. The van der Waals surface area contributed by atoms with Crippen molar-refractivity contribution in [3.8, 4) is 17.2 Å². The van der Waals surface area contributed by atoms with E-state index in [9.17, 15) is 13.2 Å². The van der Waals surface area contributed by atoms with E-state index in [2.05, 4.69) is 5.32 Å². The summed E-state index contributed by atoms with van der Waals surface area (Å²) in [5, 5.41) is 3.47. The number of hydrogen-bond acceptors (Lipinski definition) is 7. The Morgan fingerprint density at radius 1 is 0.971 bits per heavy atom. The number of ether oxygens (including phenoxy) is 3. The Bertz CT molecular complexity index is 1160. The Kier molecular flexibility index (Phi) is 7.25. The number of amides is 1. The second kappa shape index (κ2) is 10.0. The van der Waals surface area contributed by atoms with E-state index in [0.29, 0.717) is 56.1 Å². The molecule has 4 rings (SSSR count). The predicted molar refractivity (Wildman–Crippen MR) is 131 cm³/mol. The second-order valence-electron chi connectivity index (χ2n) is 8.91. The first-order valence-electron chi connectivity index (χ1n) is 11.7. The average Bonchev–Trinajstić information content (AvgIpc) is 3.10. The topological polar surface area (TPSA) is 97.4 Å². The third-order valence-electron chi connectivity index (χ3n) is 6.96. The van der Waals surface area contributed by atoms with Crippen LogP contribution in [0.5, 0.6) is 17.2 Å². The molecule has 0 saturated carbocycles. The molecule has 2 aliphatic rings. The molecule has 10 heteroatoms. The molecule has 0 aliphatic carbocycles. The predicted octanol–water partition coefficient (Wildman–Crippen LogP) is 2.26. The standard InChI is InChI=1S/C25H33N3O6S/c1-18-24(29)28(14-11-19-5-10-22(33-3)23(17-19)34-4)25(26-18)12-15-27(16-13-25)35(30,31)21-8-6-20(32-2)7-9-21/h5-10,17-18,26H,11-16H2,1-4H3/t18-/m1/s1. The van der Waals surface area contributed by atoms with Crippen molar-refractivity contribution in [3.63, 3.8) is 0 Å². The van der Waals surface area contributed by atoms with Gasteiger partial charge in [0, 0.05) is 19.6 Å². The molecule has 2 aromatic rings. The number of nitrogens with one attached hydrogen (secondary N) is 1. The van der Waals surface area contributed by atoms with Crippen LogP contribution < -0.4 is 19.5 Å². The SMILES string of the molecule is COc1ccc(S(=O)(=O)N2CCC3(CC2)N[C@H](C)C(=O)N3CCc2ccc(OC)c(OC)c2)cc1. The number of sulfonamides is 1. The van der Waals surface area contributed by atoms with E-state index in [1.807, 2.05) is 30.0 Å². The lowest BCUT2D eigenvalue weighted by molar-refractivity contribution is -0.132. The van der Waals surface area contributed by atoms with Crippen LogP contribution in [-0.4, -0.2) is 76.2 Å². The van der Waals surface area contributed by atoms with Gasteiger partial charge in [-0.25, -0.2) is 8.42 Å². The van der Waals surface area contributed by atoms with Crippen LogP contribution in [0.3, 0.4) is 0 Å². The molecule has 2 fully saturated rings. The van der Waals surface area contributed by atoms with Gasteiger partial charge in [-0.2, -0.15) is 4.31 Å². The van der Waals surface area contributed by atoms with Crippen molar-refractivity contribution in [3.05, 3.63) is 48.0 Å². The maximum Gasteiger partial charge on any atom is 0.243 e. The zero-order valence-corrected chi connectivity index (χ0v) is 21.4. The summed E-state index contributed by atoms with van der Waals surface area (Å²) in [5.41, 5.74) is 0.476. The van der Waals surface area contributed by atoms with Gasteiger partial charge in [0.25, 0.3) is 0 Å². The molecule has 2 aliphatic heterocycles. The Labute approximate surface area is 207 Å². The van der Waals surface area contributed by atoms with E-state index in [1.54, 1.807) is 45.6 Å². The normalized spacial score (nSPS) is 20.3. The van der Waals surface area contributed by atoms with Gasteiger partial charge in [-0.3, -0.25) is 10.1 Å². The number of rotatable bonds is 8. The van der Waals surface area contributed by atoms with E-state index in [4.69, 9.17) is 14.2 Å². The van der Waals surface area contributed by atoms with Crippen LogP contribution in [0.2, 0.25) is 0 Å². The van der Waals surface area contributed by atoms with E-state index in [1.165, 1.54) is 4.31 Å². The Morgan fingerprint density at radius 3 is 2.23 bits per heavy atom. The number of nitrogens with zero attached hydrogens (tertiary/aromatic N) is 2. The molecule has 0 unspecified atom stereocenters. The minimum Gasteiger partial charge on any atom is -0.497 e. The summed E-state index contributed by atoms with van der Waals surface area (Å²) in [5.74, 6) is 1.95. The van der Waals surface area contributed by atoms with Crippen LogP contribution in [0, 0.1) is 0 Å². The summed E-state index contributed by atoms with van der Waals surface area (Å²) in [6.07, 6.45) is 1.69. The fraction of sp³-hybridized carbons (Fsp3) is 0.480. The molecule has 0 aromatic heterocycles. The molecule has 1 N–H and O–H groups in total. The lowest BCUT2D eigenvalue weighted by Gasteiger charge is -2.44. The van der Waals surface area contributed by atoms with Crippen molar-refractivity contribution in [2.24, 2.45) is 0 Å². The quantitative estimate of drug-likeness (QED) is 0.590. The van der Waals surface area contributed by atoms with E-state index in [0.717, 1.165) is 5.56 Å². The number of benzene rings is 2. The van der Waals surface area contributed by atoms with Crippen molar-refractivity contribution in [1.82, 2.24) is 14.5 Å². The highest BCUT2D eigenvalue weighted by atomic mass is 32.2. The number of hydrogen-bond donors (Lipinski definition) is 1. The number of carbonyl (C=O) groups excluding carboxylic acids is 1. The Balaban J connectivity index is 1.47. The Hall–Kier alpha value is -2.82. The lowest BCUT2D eigenvalue weighted by atomic mass is 9.96. The summed E-state index contributed by atoms with van der Waals surface area (Å²) < 4.78 is 43.7. The molecule has 2 heterocycles. The molecule has 1 spiro atoms. The zero-order chi connectivity index (χ0) is 25.2. The second-order valence-corrected chi connectivity index (χ2v) is 10.8. The summed E-state index contributed by atoms with van der Waals surface area (Å²) in [4.78, 5) is 15.2. The van der Waals surface area contributed by atoms with Crippen LogP contribution >= 0.6 is 0 Å². The Morgan fingerprint density at radius 2 is 1.63 bits per heavy atom. The smallest absolute Gasteiger partial charge is 0.243 e. The van der Waals surface area contributed by atoms with Crippen LogP contribution in [0.15, 0.2) is 47.4 Å².